The first-order valence-corrected chi connectivity index (χ1v) is 11.6. The predicted octanol–water partition coefficient (Wildman–Crippen LogP) is 4.08. The molecule has 6 heteroatoms. The minimum absolute atomic E-state index is 0.0192. The Kier molecular flexibility index (Phi) is 4.49. The van der Waals surface area contributed by atoms with Gasteiger partial charge in [0.1, 0.15) is 0 Å². The quantitative estimate of drug-likeness (QED) is 0.651. The van der Waals surface area contributed by atoms with E-state index in [9.17, 15) is 13.2 Å². The second-order valence-electron chi connectivity index (χ2n) is 8.22. The summed E-state index contributed by atoms with van der Waals surface area (Å²) in [6.45, 7) is 4.01. The third-order valence-electron chi connectivity index (χ3n) is 5.71. The third kappa shape index (κ3) is 3.30. The maximum absolute atomic E-state index is 12.4. The molecule has 1 aliphatic rings. The fourth-order valence-corrected chi connectivity index (χ4v) is 5.09. The first kappa shape index (κ1) is 19.0. The smallest absolute Gasteiger partial charge is 0.253 e. The summed E-state index contributed by atoms with van der Waals surface area (Å²) >= 11 is 0. The van der Waals surface area contributed by atoms with Gasteiger partial charge in [0.05, 0.1) is 16.1 Å². The Hall–Kier alpha value is -2.34. The van der Waals surface area contributed by atoms with Crippen LogP contribution < -0.4 is 5.56 Å². The number of sulfone groups is 1. The van der Waals surface area contributed by atoms with E-state index in [0.29, 0.717) is 10.5 Å². The molecule has 4 rings (SSSR count). The van der Waals surface area contributed by atoms with Crippen molar-refractivity contribution in [2.45, 2.75) is 44.0 Å². The molecule has 0 spiro atoms. The first-order chi connectivity index (χ1) is 13.2. The zero-order valence-electron chi connectivity index (χ0n) is 16.8. The number of hydrogen-bond donors (Lipinski definition) is 0. The van der Waals surface area contributed by atoms with Crippen LogP contribution in [0.15, 0.2) is 46.2 Å². The van der Waals surface area contributed by atoms with Crippen molar-refractivity contribution in [3.05, 3.63) is 52.4 Å². The summed E-state index contributed by atoms with van der Waals surface area (Å²) in [6, 6.07) is 9.59. The fraction of sp³-hybridized carbons (Fsp3) is 0.409. The van der Waals surface area contributed by atoms with Crippen molar-refractivity contribution in [2.24, 2.45) is 13.0 Å². The molecule has 0 bridgehead atoms. The average molecular weight is 399 g/mol. The van der Waals surface area contributed by atoms with Crippen LogP contribution in [-0.2, 0) is 16.9 Å². The summed E-state index contributed by atoms with van der Waals surface area (Å²) in [7, 11) is -1.59. The van der Waals surface area contributed by atoms with Crippen molar-refractivity contribution in [2.75, 3.05) is 6.26 Å². The van der Waals surface area contributed by atoms with Crippen molar-refractivity contribution >= 4 is 20.7 Å². The Morgan fingerprint density at radius 1 is 1.21 bits per heavy atom. The second kappa shape index (κ2) is 6.62. The van der Waals surface area contributed by atoms with Gasteiger partial charge in [-0.3, -0.25) is 4.79 Å². The van der Waals surface area contributed by atoms with Crippen LogP contribution >= 0.6 is 0 Å². The lowest BCUT2D eigenvalue weighted by Gasteiger charge is -2.20. The van der Waals surface area contributed by atoms with E-state index in [1.807, 2.05) is 37.4 Å². The van der Waals surface area contributed by atoms with Gasteiger partial charge in [0, 0.05) is 42.1 Å². The molecule has 2 aromatic heterocycles. The summed E-state index contributed by atoms with van der Waals surface area (Å²) in [5, 5.41) is 0.745. The van der Waals surface area contributed by atoms with Crippen molar-refractivity contribution < 1.29 is 8.42 Å². The monoisotopic (exact) mass is 398 g/mol. The highest BCUT2D eigenvalue weighted by atomic mass is 32.2. The molecular formula is C22H26N2O3S. The average Bonchev–Trinajstić information content (AvgIpc) is 3.33. The number of pyridine rings is 1. The Morgan fingerprint density at radius 2 is 1.93 bits per heavy atom. The first-order valence-electron chi connectivity index (χ1n) is 9.68. The van der Waals surface area contributed by atoms with Crippen molar-refractivity contribution in [3.8, 4) is 11.3 Å². The highest BCUT2D eigenvalue weighted by Gasteiger charge is 2.27. The molecule has 1 aromatic carbocycles. The van der Waals surface area contributed by atoms with Gasteiger partial charge in [-0.1, -0.05) is 18.9 Å². The molecule has 1 atom stereocenters. The van der Waals surface area contributed by atoms with Crippen LogP contribution in [0.4, 0.5) is 0 Å². The van der Waals surface area contributed by atoms with Crippen LogP contribution in [0.25, 0.3) is 22.2 Å². The number of aryl methyl sites for hydroxylation is 2. The molecule has 1 fully saturated rings. The van der Waals surface area contributed by atoms with Crippen LogP contribution in [0.1, 0.15) is 37.8 Å². The van der Waals surface area contributed by atoms with E-state index in [1.54, 1.807) is 17.7 Å². The van der Waals surface area contributed by atoms with Crippen LogP contribution in [0.5, 0.6) is 0 Å². The largest absolute Gasteiger partial charge is 0.338 e. The number of aromatic nitrogens is 2. The van der Waals surface area contributed by atoms with Crippen molar-refractivity contribution in [1.82, 2.24) is 9.13 Å². The molecule has 148 valence electrons. The normalized spacial score (nSPS) is 15.9. The number of rotatable bonds is 5. The van der Waals surface area contributed by atoms with E-state index in [-0.39, 0.29) is 11.6 Å². The fourth-order valence-electron chi connectivity index (χ4n) is 4.20. The van der Waals surface area contributed by atoms with Gasteiger partial charge in [-0.15, -0.1) is 0 Å². The number of nitrogens with zero attached hydrogens (tertiary/aromatic N) is 2. The lowest BCUT2D eigenvalue weighted by Crippen LogP contribution is -2.19. The topological polar surface area (TPSA) is 61.1 Å². The number of fused-ring (bicyclic) bond motifs is 1. The molecule has 0 saturated heterocycles. The van der Waals surface area contributed by atoms with Gasteiger partial charge < -0.3 is 9.13 Å². The second-order valence-corrected chi connectivity index (χ2v) is 10.2. The van der Waals surface area contributed by atoms with Gasteiger partial charge in [0.25, 0.3) is 5.56 Å². The Bertz CT molecular complexity index is 1200. The van der Waals surface area contributed by atoms with E-state index >= 15 is 0 Å². The number of benzene rings is 1. The zero-order chi connectivity index (χ0) is 20.2. The molecule has 0 amide bonds. The van der Waals surface area contributed by atoms with Crippen molar-refractivity contribution in [1.29, 1.82) is 0 Å². The lowest BCUT2D eigenvalue weighted by atomic mass is 10.1. The van der Waals surface area contributed by atoms with Crippen LogP contribution in [0, 0.1) is 12.8 Å². The molecule has 28 heavy (non-hydrogen) atoms. The van der Waals surface area contributed by atoms with E-state index in [1.165, 1.54) is 19.1 Å². The standard InChI is InChI=1S/C22H26N2O3S/c1-14-10-17(13-23(3)22(14)25)20-12-18-19(6-5-7-21(18)28(4,26)27)24(20)15(2)11-16-8-9-16/h5-7,10,12-13,15-16H,8-9,11H2,1-4H3/t15-/m1/s1. The third-order valence-corrected chi connectivity index (χ3v) is 6.87. The number of hydrogen-bond acceptors (Lipinski definition) is 3. The minimum Gasteiger partial charge on any atom is -0.338 e. The molecule has 3 aromatic rings. The Labute approximate surface area is 165 Å². The molecule has 1 aliphatic carbocycles. The summed E-state index contributed by atoms with van der Waals surface area (Å²) in [4.78, 5) is 12.5. The molecule has 1 saturated carbocycles. The molecule has 2 heterocycles. The van der Waals surface area contributed by atoms with Gasteiger partial charge in [-0.05, 0) is 50.5 Å². The van der Waals surface area contributed by atoms with Crippen LogP contribution in [0.3, 0.4) is 0 Å². The highest BCUT2D eigenvalue weighted by molar-refractivity contribution is 7.91. The van der Waals surface area contributed by atoms with E-state index in [0.717, 1.165) is 34.5 Å². The summed E-state index contributed by atoms with van der Waals surface area (Å²) in [5.41, 5.74) is 3.47. The minimum atomic E-state index is -3.34. The van der Waals surface area contributed by atoms with E-state index in [4.69, 9.17) is 0 Å². The van der Waals surface area contributed by atoms with Gasteiger partial charge in [0.2, 0.25) is 0 Å². The van der Waals surface area contributed by atoms with Gasteiger partial charge >= 0.3 is 0 Å². The summed E-state index contributed by atoms with van der Waals surface area (Å²) in [5.74, 6) is 0.750. The summed E-state index contributed by atoms with van der Waals surface area (Å²) in [6.07, 6.45) is 6.70. The highest BCUT2D eigenvalue weighted by Crippen LogP contribution is 2.41. The maximum atomic E-state index is 12.4. The predicted molar refractivity (Wildman–Crippen MR) is 113 cm³/mol. The molecule has 5 nitrogen and oxygen atoms in total. The van der Waals surface area contributed by atoms with Gasteiger partial charge in [-0.2, -0.15) is 0 Å². The summed E-state index contributed by atoms with van der Waals surface area (Å²) < 4.78 is 28.6. The molecule has 0 aliphatic heterocycles. The van der Waals surface area contributed by atoms with Gasteiger partial charge in [0.15, 0.2) is 9.84 Å². The Morgan fingerprint density at radius 3 is 2.54 bits per heavy atom. The lowest BCUT2D eigenvalue weighted by molar-refractivity contribution is 0.493. The van der Waals surface area contributed by atoms with Gasteiger partial charge in [-0.25, -0.2) is 8.42 Å². The van der Waals surface area contributed by atoms with Crippen molar-refractivity contribution in [3.63, 3.8) is 0 Å². The van der Waals surface area contributed by atoms with Crippen LogP contribution in [-0.4, -0.2) is 23.8 Å². The SMILES string of the molecule is Cc1cc(-c2cc3c(S(C)(=O)=O)cccc3n2[C@H](C)CC2CC2)cn(C)c1=O. The van der Waals surface area contributed by atoms with Crippen LogP contribution in [0.2, 0.25) is 0 Å². The molecule has 0 unspecified atom stereocenters. The van der Waals surface area contributed by atoms with E-state index in [2.05, 4.69) is 11.5 Å². The van der Waals surface area contributed by atoms with E-state index < -0.39 is 9.84 Å². The molecular weight excluding hydrogens is 372 g/mol. The Balaban J connectivity index is 2.02. The molecule has 0 N–H and O–H groups in total. The molecule has 0 radical (unpaired) electrons. The maximum Gasteiger partial charge on any atom is 0.253 e. The zero-order valence-corrected chi connectivity index (χ0v) is 17.6.